The quantitative estimate of drug-likeness (QED) is 0.713. The van der Waals surface area contributed by atoms with E-state index < -0.39 is 0 Å². The largest absolute Gasteiger partial charge is 0.326 e. The van der Waals surface area contributed by atoms with Crippen LogP contribution in [0.25, 0.3) is 0 Å². The normalized spacial score (nSPS) is 35.4. The van der Waals surface area contributed by atoms with Crippen molar-refractivity contribution in [1.82, 2.24) is 0 Å². The Morgan fingerprint density at radius 2 is 1.60 bits per heavy atom. The maximum atomic E-state index is 12.7. The Hall–Kier alpha value is -1.36. The minimum absolute atomic E-state index is 0.0951. The third-order valence-electron chi connectivity index (χ3n) is 6.14. The molecule has 2 amide bonds. The highest BCUT2D eigenvalue weighted by atomic mass is 79.9. The molecular weight excluding hydrogens is 380 g/mol. The van der Waals surface area contributed by atoms with Gasteiger partial charge in [0.05, 0.1) is 0 Å². The summed E-state index contributed by atoms with van der Waals surface area (Å²) >= 11 is 4.01. The topological polar surface area (TPSA) is 58.2 Å². The Morgan fingerprint density at radius 3 is 2.12 bits per heavy atom. The van der Waals surface area contributed by atoms with Crippen molar-refractivity contribution >= 4 is 39.1 Å². The monoisotopic (exact) mass is 404 g/mol. The molecule has 1 aromatic rings. The second-order valence-corrected chi connectivity index (χ2v) is 10.3. The van der Waals surface area contributed by atoms with Gasteiger partial charge in [-0.25, -0.2) is 0 Å². The molecule has 2 N–H and O–H groups in total. The van der Waals surface area contributed by atoms with Gasteiger partial charge in [-0.15, -0.1) is 0 Å². The number of nitrogens with one attached hydrogen (secondary N) is 2. The van der Waals surface area contributed by atoms with Gasteiger partial charge in [-0.1, -0.05) is 15.9 Å². The van der Waals surface area contributed by atoms with Crippen LogP contribution in [-0.2, 0) is 9.59 Å². The lowest BCUT2D eigenvalue weighted by Crippen LogP contribution is -2.53. The van der Waals surface area contributed by atoms with Crippen LogP contribution in [0.15, 0.2) is 24.3 Å². The Bertz CT molecular complexity index is 686. The first-order chi connectivity index (χ1) is 11.8. The maximum Gasteiger partial charge on any atom is 0.224 e. The van der Waals surface area contributed by atoms with Gasteiger partial charge in [0, 0.05) is 29.0 Å². The Labute approximate surface area is 157 Å². The number of carbonyl (C=O) groups is 2. The third kappa shape index (κ3) is 3.62. The van der Waals surface area contributed by atoms with Crippen LogP contribution in [0.3, 0.4) is 0 Å². The van der Waals surface area contributed by atoms with Crippen LogP contribution in [0.4, 0.5) is 11.4 Å². The van der Waals surface area contributed by atoms with Gasteiger partial charge in [0.15, 0.2) is 0 Å². The summed E-state index contributed by atoms with van der Waals surface area (Å²) in [7, 11) is 0. The SMILES string of the molecule is CC(=O)Nc1ccc(NC(=O)CC23CC4CC(CC(Br)(C4)C2)C3)cc1. The number of alkyl halides is 1. The summed E-state index contributed by atoms with van der Waals surface area (Å²) in [6.07, 6.45) is 8.14. The highest BCUT2D eigenvalue weighted by Crippen LogP contribution is 2.65. The van der Waals surface area contributed by atoms with Crippen LogP contribution < -0.4 is 10.6 Å². The first kappa shape index (κ1) is 17.1. The number of anilines is 2. The third-order valence-corrected chi connectivity index (χ3v) is 7.06. The number of halogens is 1. The van der Waals surface area contributed by atoms with Crippen LogP contribution in [0, 0.1) is 17.3 Å². The fraction of sp³-hybridized carbons (Fsp3) is 0.600. The second kappa shape index (κ2) is 6.11. The van der Waals surface area contributed by atoms with Crippen LogP contribution in [0.2, 0.25) is 0 Å². The molecule has 0 spiro atoms. The first-order valence-electron chi connectivity index (χ1n) is 9.20. The van der Waals surface area contributed by atoms with E-state index in [0.29, 0.717) is 6.42 Å². The number of hydrogen-bond donors (Lipinski definition) is 2. The van der Waals surface area contributed by atoms with E-state index >= 15 is 0 Å². The van der Waals surface area contributed by atoms with Crippen LogP contribution in [-0.4, -0.2) is 16.1 Å². The molecule has 1 aromatic carbocycles. The van der Waals surface area contributed by atoms with Crippen molar-refractivity contribution in [3.05, 3.63) is 24.3 Å². The molecule has 4 bridgehead atoms. The van der Waals surface area contributed by atoms with Crippen molar-refractivity contribution in [2.75, 3.05) is 10.6 Å². The smallest absolute Gasteiger partial charge is 0.224 e. The Morgan fingerprint density at radius 1 is 1.04 bits per heavy atom. The van der Waals surface area contributed by atoms with Crippen LogP contribution in [0.1, 0.15) is 51.9 Å². The lowest BCUT2D eigenvalue weighted by atomic mass is 9.48. The van der Waals surface area contributed by atoms with Crippen LogP contribution in [0.5, 0.6) is 0 Å². The molecule has 4 nitrogen and oxygen atoms in total. The molecule has 0 radical (unpaired) electrons. The molecule has 5 heteroatoms. The van der Waals surface area contributed by atoms with E-state index in [4.69, 9.17) is 0 Å². The van der Waals surface area contributed by atoms with Gasteiger partial charge in [0.2, 0.25) is 11.8 Å². The van der Waals surface area contributed by atoms with Gasteiger partial charge < -0.3 is 10.6 Å². The average molecular weight is 405 g/mol. The van der Waals surface area contributed by atoms with Crippen molar-refractivity contribution in [1.29, 1.82) is 0 Å². The molecule has 134 valence electrons. The number of benzene rings is 1. The lowest BCUT2D eigenvalue weighted by Gasteiger charge is -2.60. The van der Waals surface area contributed by atoms with E-state index in [1.165, 1.54) is 39.0 Å². The van der Waals surface area contributed by atoms with Crippen LogP contribution >= 0.6 is 15.9 Å². The highest BCUT2D eigenvalue weighted by molar-refractivity contribution is 9.10. The zero-order valence-electron chi connectivity index (χ0n) is 14.6. The van der Waals surface area contributed by atoms with Gasteiger partial charge in [0.25, 0.3) is 0 Å². The summed E-state index contributed by atoms with van der Waals surface area (Å²) in [6.45, 7) is 1.48. The summed E-state index contributed by atoms with van der Waals surface area (Å²) < 4.78 is 0.289. The zero-order chi connectivity index (χ0) is 17.7. The first-order valence-corrected chi connectivity index (χ1v) is 9.99. The molecule has 4 fully saturated rings. The molecule has 0 heterocycles. The van der Waals surface area contributed by atoms with Gasteiger partial charge >= 0.3 is 0 Å². The number of carbonyl (C=O) groups excluding carboxylic acids is 2. The maximum absolute atomic E-state index is 12.7. The Kier molecular flexibility index (Phi) is 4.18. The molecule has 25 heavy (non-hydrogen) atoms. The molecule has 0 saturated heterocycles. The summed E-state index contributed by atoms with van der Waals surface area (Å²) in [5, 5.41) is 5.78. The van der Waals surface area contributed by atoms with Crippen molar-refractivity contribution in [3.63, 3.8) is 0 Å². The predicted octanol–water partition coefficient (Wildman–Crippen LogP) is 4.71. The number of amides is 2. The predicted molar refractivity (Wildman–Crippen MR) is 103 cm³/mol. The molecule has 4 saturated carbocycles. The summed E-state index contributed by atoms with van der Waals surface area (Å²) in [5.41, 5.74) is 1.72. The highest BCUT2D eigenvalue weighted by Gasteiger charge is 2.57. The molecule has 0 aliphatic heterocycles. The van der Waals surface area contributed by atoms with Gasteiger partial charge in [-0.2, -0.15) is 0 Å². The zero-order valence-corrected chi connectivity index (χ0v) is 16.2. The number of hydrogen-bond acceptors (Lipinski definition) is 2. The lowest BCUT2D eigenvalue weighted by molar-refractivity contribution is -0.123. The molecule has 0 aromatic heterocycles. The van der Waals surface area contributed by atoms with Crippen molar-refractivity contribution in [2.24, 2.45) is 17.3 Å². The molecular formula is C20H25BrN2O2. The summed E-state index contributed by atoms with van der Waals surface area (Å²) in [5.74, 6) is 1.61. The van der Waals surface area contributed by atoms with E-state index in [1.807, 2.05) is 24.3 Å². The summed E-state index contributed by atoms with van der Waals surface area (Å²) in [4.78, 5) is 23.7. The van der Waals surface area contributed by atoms with Gasteiger partial charge in [-0.05, 0) is 80.0 Å². The average Bonchev–Trinajstić information content (AvgIpc) is 2.45. The second-order valence-electron chi connectivity index (χ2n) is 8.60. The molecule has 4 aliphatic rings. The van der Waals surface area contributed by atoms with Crippen molar-refractivity contribution in [3.8, 4) is 0 Å². The van der Waals surface area contributed by atoms with Gasteiger partial charge in [-0.3, -0.25) is 9.59 Å². The molecule has 4 aliphatic carbocycles. The summed E-state index contributed by atoms with van der Waals surface area (Å²) in [6, 6.07) is 7.31. The van der Waals surface area contributed by atoms with E-state index in [0.717, 1.165) is 29.6 Å². The molecule has 2 atom stereocenters. The van der Waals surface area contributed by atoms with E-state index in [-0.39, 0.29) is 21.6 Å². The molecule has 2 unspecified atom stereocenters. The van der Waals surface area contributed by atoms with E-state index in [1.54, 1.807) is 0 Å². The number of rotatable bonds is 4. The fourth-order valence-electron chi connectivity index (χ4n) is 5.93. The van der Waals surface area contributed by atoms with E-state index in [9.17, 15) is 9.59 Å². The Balaban J connectivity index is 1.40. The minimum Gasteiger partial charge on any atom is -0.326 e. The standard InChI is InChI=1S/C20H25BrN2O2/c1-13(24)22-16-2-4-17(5-3-16)23-18(25)11-19-7-14-6-15(8-19)10-20(21,9-14)12-19/h2-5,14-15H,6-12H2,1H3,(H,22,24)(H,23,25). The van der Waals surface area contributed by atoms with Crippen molar-refractivity contribution < 1.29 is 9.59 Å². The minimum atomic E-state index is -0.0951. The van der Waals surface area contributed by atoms with E-state index in [2.05, 4.69) is 26.6 Å². The van der Waals surface area contributed by atoms with Crippen molar-refractivity contribution in [2.45, 2.75) is 56.2 Å². The fourth-order valence-corrected chi connectivity index (χ4v) is 7.44. The van der Waals surface area contributed by atoms with Gasteiger partial charge in [0.1, 0.15) is 0 Å². The molecule has 5 rings (SSSR count).